The summed E-state index contributed by atoms with van der Waals surface area (Å²) in [6, 6.07) is 5.60. The average molecular weight is 433 g/mol. The summed E-state index contributed by atoms with van der Waals surface area (Å²) < 4.78 is 5.06. The van der Waals surface area contributed by atoms with Crippen molar-refractivity contribution in [3.05, 3.63) is 35.4 Å². The highest BCUT2D eigenvalue weighted by molar-refractivity contribution is 6.26. The van der Waals surface area contributed by atoms with Gasteiger partial charge in [0.25, 0.3) is 0 Å². The second kappa shape index (κ2) is 8.76. The fourth-order valence-electron chi connectivity index (χ4n) is 5.04. The number of aliphatic hydroxyl groups excluding tert-OH is 4. The van der Waals surface area contributed by atoms with Gasteiger partial charge >= 0.3 is 0 Å². The Kier molecular flexibility index (Phi) is 6.23. The van der Waals surface area contributed by atoms with Gasteiger partial charge in [-0.25, -0.2) is 0 Å². The third kappa shape index (κ3) is 3.92. The standard InChI is InChI=1S/C22H27NO8/c24-9-14-19(27)20(28)16(22(30)31-14)23-21(29)11-7-5-10(6-8-11)15-17(25)12-3-1-2-4-13(12)18(15)26/h1-4,10-11,14-16,19-20,22,24,27-28,30H,5-9H2,(H,23,29). The molecule has 1 saturated carbocycles. The fourth-order valence-corrected chi connectivity index (χ4v) is 5.04. The normalized spacial score (nSPS) is 36.3. The van der Waals surface area contributed by atoms with Crippen LogP contribution in [0.2, 0.25) is 0 Å². The van der Waals surface area contributed by atoms with Crippen molar-refractivity contribution in [2.75, 3.05) is 6.61 Å². The van der Waals surface area contributed by atoms with E-state index >= 15 is 0 Å². The molecular weight excluding hydrogens is 406 g/mol. The average Bonchev–Trinajstić information content (AvgIpc) is 3.04. The molecule has 0 aromatic heterocycles. The Balaban J connectivity index is 1.35. The predicted molar refractivity (Wildman–Crippen MR) is 106 cm³/mol. The molecule has 168 valence electrons. The van der Waals surface area contributed by atoms with E-state index in [1.165, 1.54) is 0 Å². The number of nitrogens with one attached hydrogen (secondary N) is 1. The smallest absolute Gasteiger partial charge is 0.223 e. The summed E-state index contributed by atoms with van der Waals surface area (Å²) in [6.45, 7) is -0.581. The molecule has 0 radical (unpaired) electrons. The van der Waals surface area contributed by atoms with Crippen LogP contribution in [0.1, 0.15) is 46.4 Å². The number of aliphatic hydroxyl groups is 4. The second-order valence-electron chi connectivity index (χ2n) is 8.63. The molecule has 2 fully saturated rings. The SMILES string of the molecule is O=C(NC1C(O)OC(CO)C(O)C1O)C1CCC(C2C(=O)c3ccccc3C2=O)CC1. The quantitative estimate of drug-likeness (QED) is 0.395. The molecule has 5 N–H and O–H groups in total. The van der Waals surface area contributed by atoms with E-state index in [0.29, 0.717) is 36.8 Å². The van der Waals surface area contributed by atoms with Crippen molar-refractivity contribution in [2.24, 2.45) is 17.8 Å². The molecule has 5 atom stereocenters. The van der Waals surface area contributed by atoms with Crippen LogP contribution in [-0.2, 0) is 9.53 Å². The Bertz CT molecular complexity index is 830. The zero-order valence-electron chi connectivity index (χ0n) is 16.9. The van der Waals surface area contributed by atoms with E-state index in [4.69, 9.17) is 9.84 Å². The van der Waals surface area contributed by atoms with Crippen LogP contribution in [0.5, 0.6) is 0 Å². The van der Waals surface area contributed by atoms with Crippen molar-refractivity contribution in [3.8, 4) is 0 Å². The van der Waals surface area contributed by atoms with Crippen molar-refractivity contribution in [3.63, 3.8) is 0 Å². The molecule has 3 aliphatic rings. The highest BCUT2D eigenvalue weighted by Gasteiger charge is 2.47. The van der Waals surface area contributed by atoms with Crippen LogP contribution in [-0.4, -0.2) is 75.2 Å². The van der Waals surface area contributed by atoms with Gasteiger partial charge in [0.05, 0.1) is 12.5 Å². The third-order valence-electron chi connectivity index (χ3n) is 6.85. The predicted octanol–water partition coefficient (Wildman–Crippen LogP) is -0.596. The topological polar surface area (TPSA) is 153 Å². The van der Waals surface area contributed by atoms with Crippen molar-refractivity contribution >= 4 is 17.5 Å². The number of rotatable bonds is 4. The number of ketones is 2. The van der Waals surface area contributed by atoms with Crippen LogP contribution >= 0.6 is 0 Å². The zero-order chi connectivity index (χ0) is 22.3. The molecule has 1 heterocycles. The van der Waals surface area contributed by atoms with Gasteiger partial charge in [-0.3, -0.25) is 14.4 Å². The molecule has 1 amide bonds. The van der Waals surface area contributed by atoms with Crippen LogP contribution in [0.3, 0.4) is 0 Å². The lowest BCUT2D eigenvalue weighted by Gasteiger charge is -2.41. The maximum absolute atomic E-state index is 12.7. The Labute approximate surface area is 179 Å². The molecule has 31 heavy (non-hydrogen) atoms. The van der Waals surface area contributed by atoms with Gasteiger partial charge in [0, 0.05) is 17.0 Å². The molecule has 1 aromatic carbocycles. The van der Waals surface area contributed by atoms with E-state index in [9.17, 15) is 29.7 Å². The van der Waals surface area contributed by atoms with Crippen molar-refractivity contribution in [1.82, 2.24) is 5.32 Å². The molecule has 0 bridgehead atoms. The van der Waals surface area contributed by atoms with Crippen LogP contribution in [0.25, 0.3) is 0 Å². The lowest BCUT2D eigenvalue weighted by molar-refractivity contribution is -0.254. The number of hydrogen-bond donors (Lipinski definition) is 5. The van der Waals surface area contributed by atoms with Gasteiger partial charge in [-0.05, 0) is 31.6 Å². The van der Waals surface area contributed by atoms with Crippen molar-refractivity contribution in [2.45, 2.75) is 56.3 Å². The molecule has 1 aromatic rings. The van der Waals surface area contributed by atoms with Crippen LogP contribution in [0.15, 0.2) is 24.3 Å². The Hall–Kier alpha value is -2.17. The lowest BCUT2D eigenvalue weighted by Crippen LogP contribution is -2.64. The first-order valence-corrected chi connectivity index (χ1v) is 10.6. The highest BCUT2D eigenvalue weighted by Crippen LogP contribution is 2.40. The van der Waals surface area contributed by atoms with E-state index in [1.54, 1.807) is 24.3 Å². The summed E-state index contributed by atoms with van der Waals surface area (Å²) in [5.74, 6) is -1.91. The maximum Gasteiger partial charge on any atom is 0.223 e. The summed E-state index contributed by atoms with van der Waals surface area (Å²) in [5, 5.41) is 41.9. The number of Topliss-reactive ketones (excluding diaryl/α,β-unsaturated/α-hetero) is 2. The van der Waals surface area contributed by atoms with E-state index in [-0.39, 0.29) is 17.5 Å². The summed E-state index contributed by atoms with van der Waals surface area (Å²) in [7, 11) is 0. The summed E-state index contributed by atoms with van der Waals surface area (Å²) in [5.41, 5.74) is 0.940. The fraction of sp³-hybridized carbons (Fsp3) is 0.591. The molecule has 1 saturated heterocycles. The van der Waals surface area contributed by atoms with Crippen LogP contribution < -0.4 is 5.32 Å². The minimum absolute atomic E-state index is 0.127. The largest absolute Gasteiger partial charge is 0.394 e. The van der Waals surface area contributed by atoms with E-state index in [0.717, 1.165) is 0 Å². The first-order chi connectivity index (χ1) is 14.8. The number of amides is 1. The van der Waals surface area contributed by atoms with E-state index in [1.807, 2.05) is 0 Å². The summed E-state index contributed by atoms with van der Waals surface area (Å²) in [4.78, 5) is 38.2. The van der Waals surface area contributed by atoms with Gasteiger partial charge in [0.2, 0.25) is 5.91 Å². The summed E-state index contributed by atoms with van der Waals surface area (Å²) >= 11 is 0. The second-order valence-corrected chi connectivity index (χ2v) is 8.63. The zero-order valence-corrected chi connectivity index (χ0v) is 16.9. The van der Waals surface area contributed by atoms with Gasteiger partial charge in [-0.15, -0.1) is 0 Å². The molecule has 0 spiro atoms. The van der Waals surface area contributed by atoms with Crippen LogP contribution in [0, 0.1) is 17.8 Å². The van der Waals surface area contributed by atoms with Gasteiger partial charge < -0.3 is 30.5 Å². The first-order valence-electron chi connectivity index (χ1n) is 10.6. The Morgan fingerprint density at radius 2 is 1.55 bits per heavy atom. The Morgan fingerprint density at radius 3 is 2.10 bits per heavy atom. The lowest BCUT2D eigenvalue weighted by atomic mass is 9.74. The molecular formula is C22H27NO8. The number of carbonyl (C=O) groups is 3. The molecule has 4 rings (SSSR count). The first kappa shape index (κ1) is 22.0. The maximum atomic E-state index is 12.7. The molecule has 2 aliphatic carbocycles. The molecule has 9 nitrogen and oxygen atoms in total. The van der Waals surface area contributed by atoms with Crippen LogP contribution in [0.4, 0.5) is 0 Å². The third-order valence-corrected chi connectivity index (χ3v) is 6.85. The van der Waals surface area contributed by atoms with Gasteiger partial charge in [0.1, 0.15) is 24.4 Å². The monoisotopic (exact) mass is 433 g/mol. The number of hydrogen-bond acceptors (Lipinski definition) is 8. The van der Waals surface area contributed by atoms with Crippen molar-refractivity contribution < 1.29 is 39.5 Å². The minimum atomic E-state index is -1.57. The number of fused-ring (bicyclic) bond motifs is 1. The summed E-state index contributed by atoms with van der Waals surface area (Å²) in [6.07, 6.45) is -3.64. The minimum Gasteiger partial charge on any atom is -0.394 e. The van der Waals surface area contributed by atoms with E-state index in [2.05, 4.69) is 5.32 Å². The van der Waals surface area contributed by atoms with Gasteiger partial charge in [0.15, 0.2) is 17.9 Å². The Morgan fingerprint density at radius 1 is 0.968 bits per heavy atom. The van der Waals surface area contributed by atoms with Gasteiger partial charge in [-0.1, -0.05) is 24.3 Å². The van der Waals surface area contributed by atoms with E-state index < -0.39 is 55.0 Å². The van der Waals surface area contributed by atoms with Crippen molar-refractivity contribution in [1.29, 1.82) is 0 Å². The molecule has 9 heteroatoms. The van der Waals surface area contributed by atoms with Gasteiger partial charge in [-0.2, -0.15) is 0 Å². The highest BCUT2D eigenvalue weighted by atomic mass is 16.6. The number of carbonyl (C=O) groups excluding carboxylic acids is 3. The number of benzene rings is 1. The molecule has 1 aliphatic heterocycles. The molecule has 5 unspecified atom stereocenters. The number of ether oxygens (including phenoxy) is 1.